The molecule has 0 aliphatic carbocycles. The molecule has 140 valence electrons. The Balaban J connectivity index is 1.62. The Morgan fingerprint density at radius 1 is 0.778 bits per heavy atom. The summed E-state index contributed by atoms with van der Waals surface area (Å²) in [4.78, 5) is 23.5. The zero-order chi connectivity index (χ0) is 19.5. The van der Waals surface area contributed by atoms with Gasteiger partial charge in [0.15, 0.2) is 0 Å². The number of rotatable bonds is 8. The summed E-state index contributed by atoms with van der Waals surface area (Å²) in [5.41, 5.74) is 1.72. The standard InChI is InChI=1S/C21H20Cl2N2O2/c22-18-6-1-4-16(14-18)8-10-20(26)24-12-3-13-25-21(27)11-9-17-5-2-7-19(23)15-17/h1-2,4-11,14-15H,3,12-13H2,(H,24,26)(H,25,27)/b10-8+,11-9+. The molecule has 0 radical (unpaired) electrons. The fourth-order valence-electron chi connectivity index (χ4n) is 2.19. The van der Waals surface area contributed by atoms with Gasteiger partial charge in [0.2, 0.25) is 11.8 Å². The molecule has 0 aliphatic heterocycles. The Labute approximate surface area is 168 Å². The van der Waals surface area contributed by atoms with Gasteiger partial charge in [0, 0.05) is 35.3 Å². The van der Waals surface area contributed by atoms with Crippen LogP contribution in [-0.4, -0.2) is 24.9 Å². The van der Waals surface area contributed by atoms with Gasteiger partial charge in [-0.25, -0.2) is 0 Å². The van der Waals surface area contributed by atoms with Gasteiger partial charge in [-0.2, -0.15) is 0 Å². The number of hydrogen-bond donors (Lipinski definition) is 2. The van der Waals surface area contributed by atoms with Crippen LogP contribution in [0.2, 0.25) is 10.0 Å². The minimum absolute atomic E-state index is 0.192. The maximum atomic E-state index is 11.7. The van der Waals surface area contributed by atoms with Gasteiger partial charge in [0.25, 0.3) is 0 Å². The van der Waals surface area contributed by atoms with Crippen molar-refractivity contribution in [1.82, 2.24) is 10.6 Å². The lowest BCUT2D eigenvalue weighted by molar-refractivity contribution is -0.116. The SMILES string of the molecule is O=C(/C=C/c1cccc(Cl)c1)NCCCNC(=O)/C=C/c1cccc(Cl)c1. The summed E-state index contributed by atoms with van der Waals surface area (Å²) in [6.07, 6.45) is 6.94. The van der Waals surface area contributed by atoms with E-state index in [9.17, 15) is 9.59 Å². The average molecular weight is 403 g/mol. The molecule has 2 N–H and O–H groups in total. The van der Waals surface area contributed by atoms with E-state index in [-0.39, 0.29) is 11.8 Å². The summed E-state index contributed by atoms with van der Waals surface area (Å²) in [6.45, 7) is 0.939. The fourth-order valence-corrected chi connectivity index (χ4v) is 2.59. The van der Waals surface area contributed by atoms with Crippen LogP contribution >= 0.6 is 23.2 Å². The van der Waals surface area contributed by atoms with Crippen LogP contribution in [-0.2, 0) is 9.59 Å². The van der Waals surface area contributed by atoms with Gasteiger partial charge in [0.1, 0.15) is 0 Å². The fraction of sp³-hybridized carbons (Fsp3) is 0.143. The highest BCUT2D eigenvalue weighted by atomic mass is 35.5. The zero-order valence-corrected chi connectivity index (χ0v) is 16.1. The van der Waals surface area contributed by atoms with Crippen LogP contribution in [0.25, 0.3) is 12.2 Å². The van der Waals surface area contributed by atoms with Crippen molar-refractivity contribution >= 4 is 47.2 Å². The van der Waals surface area contributed by atoms with Crippen LogP contribution in [0.4, 0.5) is 0 Å². The molecular weight excluding hydrogens is 383 g/mol. The van der Waals surface area contributed by atoms with Gasteiger partial charge < -0.3 is 10.6 Å². The molecule has 0 saturated heterocycles. The van der Waals surface area contributed by atoms with Gasteiger partial charge >= 0.3 is 0 Å². The monoisotopic (exact) mass is 402 g/mol. The number of nitrogens with one attached hydrogen (secondary N) is 2. The molecule has 0 aromatic heterocycles. The Morgan fingerprint density at radius 2 is 1.22 bits per heavy atom. The third kappa shape index (κ3) is 8.58. The minimum atomic E-state index is -0.192. The van der Waals surface area contributed by atoms with Gasteiger partial charge in [-0.05, 0) is 54.0 Å². The van der Waals surface area contributed by atoms with Crippen molar-refractivity contribution in [2.24, 2.45) is 0 Å². The maximum absolute atomic E-state index is 11.7. The topological polar surface area (TPSA) is 58.2 Å². The van der Waals surface area contributed by atoms with E-state index in [1.54, 1.807) is 36.4 Å². The summed E-state index contributed by atoms with van der Waals surface area (Å²) in [6, 6.07) is 14.5. The lowest BCUT2D eigenvalue weighted by Gasteiger charge is -2.03. The first-order valence-corrected chi connectivity index (χ1v) is 9.21. The molecule has 2 aromatic rings. The van der Waals surface area contributed by atoms with Crippen LogP contribution in [0.5, 0.6) is 0 Å². The second kappa shape index (κ2) is 11.2. The zero-order valence-electron chi connectivity index (χ0n) is 14.6. The maximum Gasteiger partial charge on any atom is 0.244 e. The highest BCUT2D eigenvalue weighted by Crippen LogP contribution is 2.12. The van der Waals surface area contributed by atoms with Gasteiger partial charge in [-0.1, -0.05) is 47.5 Å². The molecule has 0 fully saturated rings. The molecule has 6 heteroatoms. The number of hydrogen-bond acceptors (Lipinski definition) is 2. The molecule has 2 rings (SSSR count). The Bertz CT molecular complexity index is 778. The van der Waals surface area contributed by atoms with Crippen LogP contribution < -0.4 is 10.6 Å². The molecule has 4 nitrogen and oxygen atoms in total. The molecule has 0 spiro atoms. The lowest BCUT2D eigenvalue weighted by Crippen LogP contribution is -2.28. The minimum Gasteiger partial charge on any atom is -0.352 e. The summed E-state index contributed by atoms with van der Waals surface area (Å²) in [7, 11) is 0. The second-order valence-corrected chi connectivity index (χ2v) is 6.59. The smallest absolute Gasteiger partial charge is 0.244 e. The van der Waals surface area contributed by atoms with E-state index in [0.717, 1.165) is 11.1 Å². The summed E-state index contributed by atoms with van der Waals surface area (Å²) in [5.74, 6) is -0.385. The Hall–Kier alpha value is -2.56. The molecule has 27 heavy (non-hydrogen) atoms. The summed E-state index contributed by atoms with van der Waals surface area (Å²) in [5, 5.41) is 6.77. The average Bonchev–Trinajstić information content (AvgIpc) is 2.64. The van der Waals surface area contributed by atoms with Gasteiger partial charge in [-0.15, -0.1) is 0 Å². The number of benzene rings is 2. The van der Waals surface area contributed by atoms with Crippen molar-refractivity contribution in [2.45, 2.75) is 6.42 Å². The molecule has 0 atom stereocenters. The first-order valence-electron chi connectivity index (χ1n) is 8.46. The van der Waals surface area contributed by atoms with Crippen LogP contribution in [0.15, 0.2) is 60.7 Å². The normalized spacial score (nSPS) is 11.0. The molecule has 0 unspecified atom stereocenters. The van der Waals surface area contributed by atoms with Crippen molar-refractivity contribution in [1.29, 1.82) is 0 Å². The largest absolute Gasteiger partial charge is 0.352 e. The molecule has 0 bridgehead atoms. The lowest BCUT2D eigenvalue weighted by atomic mass is 10.2. The molecule has 0 aliphatic rings. The van der Waals surface area contributed by atoms with Gasteiger partial charge in [-0.3, -0.25) is 9.59 Å². The second-order valence-electron chi connectivity index (χ2n) is 5.71. The molecule has 2 aromatic carbocycles. The van der Waals surface area contributed by atoms with E-state index < -0.39 is 0 Å². The third-order valence-corrected chi connectivity index (χ3v) is 3.97. The highest BCUT2D eigenvalue weighted by Gasteiger charge is 1.98. The van der Waals surface area contributed by atoms with E-state index in [2.05, 4.69) is 10.6 Å². The number of carbonyl (C=O) groups is 2. The van der Waals surface area contributed by atoms with E-state index in [0.29, 0.717) is 29.6 Å². The number of amides is 2. The Kier molecular flexibility index (Phi) is 8.62. The predicted molar refractivity (Wildman–Crippen MR) is 112 cm³/mol. The third-order valence-electron chi connectivity index (χ3n) is 3.50. The van der Waals surface area contributed by atoms with Crippen LogP contribution in [0.3, 0.4) is 0 Å². The molecule has 0 heterocycles. The van der Waals surface area contributed by atoms with Crippen molar-refractivity contribution in [3.05, 3.63) is 81.9 Å². The quantitative estimate of drug-likeness (QED) is 0.509. The Morgan fingerprint density at radius 3 is 1.63 bits per heavy atom. The molecule has 2 amide bonds. The van der Waals surface area contributed by atoms with E-state index in [1.807, 2.05) is 24.3 Å². The van der Waals surface area contributed by atoms with Crippen LogP contribution in [0.1, 0.15) is 17.5 Å². The highest BCUT2D eigenvalue weighted by molar-refractivity contribution is 6.31. The first kappa shape index (κ1) is 20.7. The summed E-state index contributed by atoms with van der Waals surface area (Å²) >= 11 is 11.8. The van der Waals surface area contributed by atoms with Gasteiger partial charge in [0.05, 0.1) is 0 Å². The number of carbonyl (C=O) groups excluding carboxylic acids is 2. The predicted octanol–water partition coefficient (Wildman–Crippen LogP) is 4.34. The van der Waals surface area contributed by atoms with E-state index >= 15 is 0 Å². The molecular formula is C21H20Cl2N2O2. The number of halogens is 2. The van der Waals surface area contributed by atoms with Crippen molar-refractivity contribution < 1.29 is 9.59 Å². The van der Waals surface area contributed by atoms with E-state index in [1.165, 1.54) is 12.2 Å². The van der Waals surface area contributed by atoms with Crippen molar-refractivity contribution in [3.63, 3.8) is 0 Å². The first-order chi connectivity index (χ1) is 13.0. The van der Waals surface area contributed by atoms with Crippen LogP contribution in [0, 0.1) is 0 Å². The van der Waals surface area contributed by atoms with E-state index in [4.69, 9.17) is 23.2 Å². The summed E-state index contributed by atoms with van der Waals surface area (Å²) < 4.78 is 0. The van der Waals surface area contributed by atoms with Crippen molar-refractivity contribution in [3.8, 4) is 0 Å². The molecule has 0 saturated carbocycles. The van der Waals surface area contributed by atoms with Crippen molar-refractivity contribution in [2.75, 3.05) is 13.1 Å².